The Hall–Kier alpha value is -1.00. The minimum absolute atomic E-state index is 0.323. The number of nitrogens with one attached hydrogen (secondary N) is 1. The second kappa shape index (κ2) is 5.33. The molecule has 0 atom stereocenters. The number of nitrogens with two attached hydrogens (primary N) is 1. The summed E-state index contributed by atoms with van der Waals surface area (Å²) in [7, 11) is 0. The fourth-order valence-corrected chi connectivity index (χ4v) is 1.81. The predicted molar refractivity (Wildman–Crippen MR) is 70.5 cm³/mol. The highest BCUT2D eigenvalue weighted by Gasteiger charge is 2.25. The van der Waals surface area contributed by atoms with Crippen LogP contribution in [-0.4, -0.2) is 18.6 Å². The van der Waals surface area contributed by atoms with Gasteiger partial charge in [-0.25, -0.2) is 8.78 Å². The van der Waals surface area contributed by atoms with Crippen molar-refractivity contribution in [1.29, 1.82) is 0 Å². The highest BCUT2D eigenvalue weighted by atomic mass is 19.1. The first-order valence-corrected chi connectivity index (χ1v) is 6.07. The van der Waals surface area contributed by atoms with Gasteiger partial charge in [0.1, 0.15) is 11.6 Å². The normalized spacial score (nSPS) is 12.8. The number of benzene rings is 1. The van der Waals surface area contributed by atoms with Crippen LogP contribution in [0.25, 0.3) is 0 Å². The molecular weight excluding hydrogens is 234 g/mol. The van der Waals surface area contributed by atoms with Gasteiger partial charge in [-0.15, -0.1) is 0 Å². The molecule has 0 saturated heterocycles. The molecule has 0 bridgehead atoms. The lowest BCUT2D eigenvalue weighted by Gasteiger charge is -2.28. The standard InChI is InChI=1S/C14H22F2N2/c1-13(2,8-18-9-14(3,4)17)11-7-10(15)5-6-12(11)16/h5-7,18H,8-9,17H2,1-4H3. The molecule has 0 fully saturated rings. The topological polar surface area (TPSA) is 38.0 Å². The van der Waals surface area contributed by atoms with Crippen molar-refractivity contribution in [2.45, 2.75) is 38.6 Å². The highest BCUT2D eigenvalue weighted by molar-refractivity contribution is 5.26. The fourth-order valence-electron chi connectivity index (χ4n) is 1.81. The van der Waals surface area contributed by atoms with Crippen molar-refractivity contribution in [2.75, 3.05) is 13.1 Å². The molecule has 0 radical (unpaired) electrons. The van der Waals surface area contributed by atoms with E-state index in [0.29, 0.717) is 18.7 Å². The van der Waals surface area contributed by atoms with Gasteiger partial charge in [-0.2, -0.15) is 0 Å². The van der Waals surface area contributed by atoms with Gasteiger partial charge in [-0.05, 0) is 37.6 Å². The summed E-state index contributed by atoms with van der Waals surface area (Å²) < 4.78 is 26.9. The van der Waals surface area contributed by atoms with E-state index in [1.165, 1.54) is 12.1 Å². The van der Waals surface area contributed by atoms with Crippen molar-refractivity contribution in [3.63, 3.8) is 0 Å². The SMILES string of the molecule is CC(C)(N)CNCC(C)(C)c1cc(F)ccc1F. The number of hydrogen-bond acceptors (Lipinski definition) is 2. The van der Waals surface area contributed by atoms with Gasteiger partial charge < -0.3 is 11.1 Å². The highest BCUT2D eigenvalue weighted by Crippen LogP contribution is 2.25. The Labute approximate surface area is 108 Å². The summed E-state index contributed by atoms with van der Waals surface area (Å²) in [5.41, 5.74) is 5.43. The quantitative estimate of drug-likeness (QED) is 0.849. The summed E-state index contributed by atoms with van der Waals surface area (Å²) >= 11 is 0. The molecule has 1 aromatic carbocycles. The van der Waals surface area contributed by atoms with E-state index >= 15 is 0 Å². The molecule has 0 amide bonds. The number of rotatable bonds is 5. The van der Waals surface area contributed by atoms with Crippen molar-refractivity contribution in [3.8, 4) is 0 Å². The van der Waals surface area contributed by atoms with Crippen LogP contribution < -0.4 is 11.1 Å². The molecule has 0 aromatic heterocycles. The molecule has 0 aliphatic rings. The molecule has 0 saturated carbocycles. The maximum absolute atomic E-state index is 13.7. The minimum Gasteiger partial charge on any atom is -0.324 e. The molecule has 2 nitrogen and oxygen atoms in total. The van der Waals surface area contributed by atoms with Gasteiger partial charge in [0.2, 0.25) is 0 Å². The van der Waals surface area contributed by atoms with E-state index < -0.39 is 11.2 Å². The Morgan fingerprint density at radius 2 is 1.72 bits per heavy atom. The second-order valence-electron chi connectivity index (χ2n) is 6.10. The molecule has 3 N–H and O–H groups in total. The summed E-state index contributed by atoms with van der Waals surface area (Å²) in [4.78, 5) is 0. The van der Waals surface area contributed by atoms with E-state index in [2.05, 4.69) is 5.32 Å². The summed E-state index contributed by atoms with van der Waals surface area (Å²) in [6.45, 7) is 8.73. The van der Waals surface area contributed by atoms with E-state index in [4.69, 9.17) is 5.73 Å². The Morgan fingerprint density at radius 3 is 2.28 bits per heavy atom. The minimum atomic E-state index is -0.489. The van der Waals surface area contributed by atoms with E-state index in [0.717, 1.165) is 6.07 Å². The summed E-state index contributed by atoms with van der Waals surface area (Å²) in [6, 6.07) is 3.55. The lowest BCUT2D eigenvalue weighted by molar-refractivity contribution is 0.399. The molecule has 1 aromatic rings. The van der Waals surface area contributed by atoms with Gasteiger partial charge in [-0.3, -0.25) is 0 Å². The average Bonchev–Trinajstić information content (AvgIpc) is 2.19. The Kier molecular flexibility index (Phi) is 4.46. The maximum atomic E-state index is 13.7. The molecule has 0 aliphatic carbocycles. The smallest absolute Gasteiger partial charge is 0.127 e. The number of hydrogen-bond donors (Lipinski definition) is 2. The van der Waals surface area contributed by atoms with Crippen molar-refractivity contribution < 1.29 is 8.78 Å². The average molecular weight is 256 g/mol. The lowest BCUT2D eigenvalue weighted by Crippen LogP contribution is -2.46. The van der Waals surface area contributed by atoms with Crippen molar-refractivity contribution in [2.24, 2.45) is 5.73 Å². The van der Waals surface area contributed by atoms with E-state index in [9.17, 15) is 8.78 Å². The predicted octanol–water partition coefficient (Wildman–Crippen LogP) is 2.57. The molecule has 4 heteroatoms. The van der Waals surface area contributed by atoms with Gasteiger partial charge in [-0.1, -0.05) is 13.8 Å². The molecule has 18 heavy (non-hydrogen) atoms. The molecular formula is C14H22F2N2. The Morgan fingerprint density at radius 1 is 1.11 bits per heavy atom. The van der Waals surface area contributed by atoms with Crippen LogP contribution >= 0.6 is 0 Å². The van der Waals surface area contributed by atoms with Crippen LogP contribution in [0, 0.1) is 11.6 Å². The molecule has 0 aliphatic heterocycles. The van der Waals surface area contributed by atoms with Crippen LogP contribution in [0.2, 0.25) is 0 Å². The molecule has 0 heterocycles. The number of halogens is 2. The van der Waals surface area contributed by atoms with Crippen LogP contribution in [0.5, 0.6) is 0 Å². The largest absolute Gasteiger partial charge is 0.324 e. The first-order valence-electron chi connectivity index (χ1n) is 6.07. The van der Waals surface area contributed by atoms with Gasteiger partial charge >= 0.3 is 0 Å². The zero-order chi connectivity index (χ0) is 14.0. The zero-order valence-corrected chi connectivity index (χ0v) is 11.5. The Balaban J connectivity index is 2.76. The third-order valence-corrected chi connectivity index (χ3v) is 2.81. The van der Waals surface area contributed by atoms with Crippen LogP contribution in [0.4, 0.5) is 8.78 Å². The van der Waals surface area contributed by atoms with Gasteiger partial charge in [0.15, 0.2) is 0 Å². The van der Waals surface area contributed by atoms with Gasteiger partial charge in [0.05, 0.1) is 0 Å². The molecule has 102 valence electrons. The monoisotopic (exact) mass is 256 g/mol. The van der Waals surface area contributed by atoms with E-state index in [1.54, 1.807) is 0 Å². The summed E-state index contributed by atoms with van der Waals surface area (Å²) in [5.74, 6) is -0.797. The van der Waals surface area contributed by atoms with Crippen LogP contribution in [0.1, 0.15) is 33.3 Å². The van der Waals surface area contributed by atoms with Crippen molar-refractivity contribution in [3.05, 3.63) is 35.4 Å². The van der Waals surface area contributed by atoms with Gasteiger partial charge in [0.25, 0.3) is 0 Å². The summed E-state index contributed by atoms with van der Waals surface area (Å²) in [6.07, 6.45) is 0. The Bertz CT molecular complexity index is 409. The van der Waals surface area contributed by atoms with Crippen LogP contribution in [-0.2, 0) is 5.41 Å². The van der Waals surface area contributed by atoms with Crippen LogP contribution in [0.15, 0.2) is 18.2 Å². The van der Waals surface area contributed by atoms with Crippen molar-refractivity contribution in [1.82, 2.24) is 5.32 Å². The molecule has 0 unspecified atom stereocenters. The second-order valence-corrected chi connectivity index (χ2v) is 6.10. The first-order chi connectivity index (χ1) is 8.12. The maximum Gasteiger partial charge on any atom is 0.127 e. The molecule has 0 spiro atoms. The first kappa shape index (κ1) is 15.1. The van der Waals surface area contributed by atoms with Crippen LogP contribution in [0.3, 0.4) is 0 Å². The fraction of sp³-hybridized carbons (Fsp3) is 0.571. The molecule has 1 rings (SSSR count). The van der Waals surface area contributed by atoms with E-state index in [1.807, 2.05) is 27.7 Å². The van der Waals surface area contributed by atoms with Crippen molar-refractivity contribution >= 4 is 0 Å². The third-order valence-electron chi connectivity index (χ3n) is 2.81. The lowest BCUT2D eigenvalue weighted by atomic mass is 9.84. The third kappa shape index (κ3) is 4.35. The van der Waals surface area contributed by atoms with E-state index in [-0.39, 0.29) is 11.4 Å². The summed E-state index contributed by atoms with van der Waals surface area (Å²) in [5, 5.41) is 3.20. The zero-order valence-electron chi connectivity index (χ0n) is 11.5. The van der Waals surface area contributed by atoms with Gasteiger partial charge in [0, 0.05) is 24.0 Å².